The Morgan fingerprint density at radius 2 is 1.86 bits per heavy atom. The lowest BCUT2D eigenvalue weighted by atomic mass is 9.84. The molecule has 1 saturated carbocycles. The molecule has 1 aliphatic rings. The van der Waals surface area contributed by atoms with Crippen LogP contribution in [0.5, 0.6) is 0 Å². The highest BCUT2D eigenvalue weighted by molar-refractivity contribution is 5.67. The number of hydrogen-bond donors (Lipinski definition) is 3. The summed E-state index contributed by atoms with van der Waals surface area (Å²) in [5, 5.41) is 5.03. The van der Waals surface area contributed by atoms with Gasteiger partial charge in [0.1, 0.15) is 5.60 Å². The van der Waals surface area contributed by atoms with Crippen LogP contribution in [0.25, 0.3) is 0 Å². The zero-order chi connectivity index (χ0) is 16.8. The minimum absolute atomic E-state index is 0.0335. The summed E-state index contributed by atoms with van der Waals surface area (Å²) in [4.78, 5) is 11.4. The van der Waals surface area contributed by atoms with Gasteiger partial charge in [0, 0.05) is 6.04 Å². The molecule has 2 atom stereocenters. The summed E-state index contributed by atoms with van der Waals surface area (Å²) in [7, 11) is 0. The summed E-state index contributed by atoms with van der Waals surface area (Å²) in [6, 6.07) is 0.0335. The van der Waals surface area contributed by atoms with E-state index in [0.29, 0.717) is 6.54 Å². The largest absolute Gasteiger partial charge is 0.444 e. The maximum Gasteiger partial charge on any atom is 0.407 e. The number of amides is 1. The fourth-order valence-corrected chi connectivity index (χ4v) is 2.62. The quantitative estimate of drug-likeness (QED) is 0.701. The minimum atomic E-state index is -3.02. The highest BCUT2D eigenvalue weighted by Gasteiger charge is 2.33. The van der Waals surface area contributed by atoms with Crippen molar-refractivity contribution in [3.63, 3.8) is 0 Å². The van der Waals surface area contributed by atoms with E-state index in [4.69, 9.17) is 10.5 Å². The minimum Gasteiger partial charge on any atom is -0.444 e. The fraction of sp³-hybridized carbons (Fsp3) is 0.933. The molecule has 7 heteroatoms. The van der Waals surface area contributed by atoms with Gasteiger partial charge in [-0.25, -0.2) is 13.6 Å². The Morgan fingerprint density at radius 1 is 1.23 bits per heavy atom. The van der Waals surface area contributed by atoms with Gasteiger partial charge in [-0.05, 0) is 46.1 Å². The van der Waals surface area contributed by atoms with Gasteiger partial charge in [-0.3, -0.25) is 0 Å². The second kappa shape index (κ2) is 8.06. The third kappa shape index (κ3) is 7.35. The van der Waals surface area contributed by atoms with Crippen molar-refractivity contribution in [1.29, 1.82) is 0 Å². The third-order valence-electron chi connectivity index (χ3n) is 3.72. The monoisotopic (exact) mass is 321 g/mol. The van der Waals surface area contributed by atoms with E-state index in [1.165, 1.54) is 0 Å². The first-order valence-corrected chi connectivity index (χ1v) is 7.91. The van der Waals surface area contributed by atoms with Crippen LogP contribution in [0.1, 0.15) is 46.5 Å². The molecule has 4 N–H and O–H groups in total. The van der Waals surface area contributed by atoms with Crippen LogP contribution in [0.4, 0.5) is 13.6 Å². The Balaban J connectivity index is 2.35. The van der Waals surface area contributed by atoms with Gasteiger partial charge in [-0.1, -0.05) is 12.8 Å². The van der Waals surface area contributed by atoms with Crippen molar-refractivity contribution in [1.82, 2.24) is 10.6 Å². The Labute approximate surface area is 131 Å². The number of alkyl carbamates (subject to hydrolysis) is 1. The molecular weight excluding hydrogens is 292 g/mol. The van der Waals surface area contributed by atoms with Crippen molar-refractivity contribution in [2.45, 2.75) is 64.0 Å². The summed E-state index contributed by atoms with van der Waals surface area (Å²) in [6.07, 6.45) is 3.17. The molecule has 0 aromatic heterocycles. The van der Waals surface area contributed by atoms with Gasteiger partial charge >= 0.3 is 6.09 Å². The molecule has 0 heterocycles. The number of nitrogens with two attached hydrogens (primary N) is 1. The predicted molar refractivity (Wildman–Crippen MR) is 82.0 cm³/mol. The van der Waals surface area contributed by atoms with E-state index in [0.717, 1.165) is 25.7 Å². The van der Waals surface area contributed by atoms with Crippen LogP contribution in [0.2, 0.25) is 0 Å². The number of rotatable bonds is 6. The van der Waals surface area contributed by atoms with E-state index in [9.17, 15) is 13.6 Å². The van der Waals surface area contributed by atoms with Crippen LogP contribution in [0.15, 0.2) is 0 Å². The molecule has 0 aromatic rings. The van der Waals surface area contributed by atoms with E-state index in [2.05, 4.69) is 10.6 Å². The molecule has 2 unspecified atom stereocenters. The van der Waals surface area contributed by atoms with E-state index >= 15 is 0 Å². The van der Waals surface area contributed by atoms with Gasteiger partial charge in [-0.15, -0.1) is 0 Å². The summed E-state index contributed by atoms with van der Waals surface area (Å²) < 4.78 is 32.6. The van der Waals surface area contributed by atoms with Crippen molar-refractivity contribution >= 4 is 6.09 Å². The molecule has 1 rings (SSSR count). The van der Waals surface area contributed by atoms with Gasteiger partial charge in [0.15, 0.2) is 0 Å². The van der Waals surface area contributed by atoms with Gasteiger partial charge in [0.05, 0.1) is 13.1 Å². The van der Waals surface area contributed by atoms with Gasteiger partial charge in [0.25, 0.3) is 5.92 Å². The lowest BCUT2D eigenvalue weighted by Crippen LogP contribution is -2.50. The number of alkyl halides is 2. The normalized spacial score (nSPS) is 23.2. The molecule has 0 spiro atoms. The molecule has 0 radical (unpaired) electrons. The maximum absolute atomic E-state index is 13.8. The van der Waals surface area contributed by atoms with Crippen molar-refractivity contribution in [3.05, 3.63) is 0 Å². The molecule has 1 aliphatic carbocycles. The second-order valence-corrected chi connectivity index (χ2v) is 6.98. The lowest BCUT2D eigenvalue weighted by Gasteiger charge is -2.32. The summed E-state index contributed by atoms with van der Waals surface area (Å²) in [5.74, 6) is -2.77. The Bertz CT molecular complexity index is 359. The number of ether oxygens (including phenoxy) is 1. The average molecular weight is 321 g/mol. The van der Waals surface area contributed by atoms with Crippen LogP contribution in [0, 0.1) is 5.92 Å². The molecular formula is C15H29F2N3O2. The molecule has 0 aliphatic heterocycles. The van der Waals surface area contributed by atoms with Gasteiger partial charge in [-0.2, -0.15) is 0 Å². The summed E-state index contributed by atoms with van der Waals surface area (Å²) in [5.41, 5.74) is 4.99. The van der Waals surface area contributed by atoms with Crippen LogP contribution in [-0.4, -0.2) is 43.3 Å². The fourth-order valence-electron chi connectivity index (χ4n) is 2.62. The van der Waals surface area contributed by atoms with Crippen LogP contribution >= 0.6 is 0 Å². The number of nitrogens with one attached hydrogen (secondary N) is 2. The zero-order valence-corrected chi connectivity index (χ0v) is 13.8. The van der Waals surface area contributed by atoms with Crippen LogP contribution < -0.4 is 16.4 Å². The van der Waals surface area contributed by atoms with E-state index in [1.54, 1.807) is 20.8 Å². The second-order valence-electron chi connectivity index (χ2n) is 6.98. The Kier molecular flexibility index (Phi) is 6.99. The maximum atomic E-state index is 13.8. The molecule has 5 nitrogen and oxygen atoms in total. The Hall–Kier alpha value is -0.950. The first-order valence-electron chi connectivity index (χ1n) is 7.91. The topological polar surface area (TPSA) is 76.4 Å². The average Bonchev–Trinajstić information content (AvgIpc) is 2.42. The summed E-state index contributed by atoms with van der Waals surface area (Å²) in [6.45, 7) is 4.35. The SMILES string of the molecule is CC(C)(C)OC(=O)NCC(F)(F)CNC1CCCCC1CN. The molecule has 0 aromatic carbocycles. The van der Waals surface area contributed by atoms with E-state index in [-0.39, 0.29) is 12.0 Å². The van der Waals surface area contributed by atoms with E-state index < -0.39 is 30.7 Å². The molecule has 1 amide bonds. The first-order chi connectivity index (χ1) is 10.1. The molecule has 22 heavy (non-hydrogen) atoms. The van der Waals surface area contributed by atoms with Crippen LogP contribution in [0.3, 0.4) is 0 Å². The van der Waals surface area contributed by atoms with Crippen molar-refractivity contribution in [3.8, 4) is 0 Å². The third-order valence-corrected chi connectivity index (χ3v) is 3.72. The molecule has 130 valence electrons. The van der Waals surface area contributed by atoms with Gasteiger partial charge in [0.2, 0.25) is 0 Å². The van der Waals surface area contributed by atoms with Gasteiger partial charge < -0.3 is 21.1 Å². The number of halogens is 2. The smallest absolute Gasteiger partial charge is 0.407 e. The number of hydrogen-bond acceptors (Lipinski definition) is 4. The number of carbonyl (C=O) groups is 1. The highest BCUT2D eigenvalue weighted by atomic mass is 19.3. The molecule has 0 saturated heterocycles. The number of carbonyl (C=O) groups excluding carboxylic acids is 1. The zero-order valence-electron chi connectivity index (χ0n) is 13.8. The standard InChI is InChI=1S/C15H29F2N3O2/c1-14(2,3)22-13(21)20-10-15(16,17)9-19-12-7-5-4-6-11(12)8-18/h11-12,19H,4-10,18H2,1-3H3,(H,20,21). The predicted octanol–water partition coefficient (Wildman–Crippen LogP) is 2.25. The van der Waals surface area contributed by atoms with Crippen molar-refractivity contribution in [2.24, 2.45) is 11.7 Å². The van der Waals surface area contributed by atoms with Crippen molar-refractivity contribution in [2.75, 3.05) is 19.6 Å². The molecule has 0 bridgehead atoms. The first kappa shape index (κ1) is 19.1. The highest BCUT2D eigenvalue weighted by Crippen LogP contribution is 2.24. The Morgan fingerprint density at radius 3 is 2.45 bits per heavy atom. The molecule has 1 fully saturated rings. The lowest BCUT2D eigenvalue weighted by molar-refractivity contribution is -0.00802. The summed E-state index contributed by atoms with van der Waals surface area (Å²) >= 11 is 0. The van der Waals surface area contributed by atoms with Crippen LogP contribution in [-0.2, 0) is 4.74 Å². The van der Waals surface area contributed by atoms with E-state index in [1.807, 2.05) is 0 Å². The van der Waals surface area contributed by atoms with Crippen molar-refractivity contribution < 1.29 is 18.3 Å².